The quantitative estimate of drug-likeness (QED) is 0.296. The number of para-hydroxylation sites is 1. The number of nitrogens with two attached hydrogens (primary N) is 1. The number of carbonyl (C=O) groups is 1. The van der Waals surface area contributed by atoms with Crippen molar-refractivity contribution in [1.29, 1.82) is 0 Å². The van der Waals surface area contributed by atoms with Crippen molar-refractivity contribution >= 4 is 22.4 Å². The van der Waals surface area contributed by atoms with Crippen LogP contribution in [0.4, 0.5) is 0 Å². The highest BCUT2D eigenvalue weighted by Crippen LogP contribution is 2.29. The molecule has 5 heteroatoms. The minimum Gasteiger partial charge on any atom is -0.361 e. The summed E-state index contributed by atoms with van der Waals surface area (Å²) >= 11 is 0. The molecule has 4 N–H and O–H groups in total. The maximum absolute atomic E-state index is 11.7. The third kappa shape index (κ3) is 2.54. The lowest BCUT2D eigenvalue weighted by Crippen LogP contribution is -2.28. The zero-order chi connectivity index (χ0) is 14.7. The van der Waals surface area contributed by atoms with E-state index in [4.69, 9.17) is 5.84 Å². The Kier molecular flexibility index (Phi) is 3.49. The number of hydrazine groups is 1. The van der Waals surface area contributed by atoms with Crippen LogP contribution in [0.1, 0.15) is 11.1 Å². The molecule has 21 heavy (non-hydrogen) atoms. The Morgan fingerprint density at radius 1 is 1.24 bits per heavy atom. The maximum Gasteiger partial charge on any atom is 0.258 e. The Balaban J connectivity index is 2.20. The summed E-state index contributed by atoms with van der Waals surface area (Å²) in [5.74, 6) is 4.83. The minimum absolute atomic E-state index is 0.362. The summed E-state index contributed by atoms with van der Waals surface area (Å²) < 4.78 is 0. The molecule has 1 aromatic carbocycles. The fraction of sp³-hybridized carbons (Fsp3) is 0. The first-order valence-corrected chi connectivity index (χ1v) is 6.49. The number of nitrogens with one attached hydrogen (secondary N) is 2. The van der Waals surface area contributed by atoms with Crippen molar-refractivity contribution in [1.82, 2.24) is 15.4 Å². The first-order chi connectivity index (χ1) is 10.3. The normalized spacial score (nSPS) is 11.6. The predicted molar refractivity (Wildman–Crippen MR) is 81.9 cm³/mol. The zero-order valence-electron chi connectivity index (χ0n) is 11.2. The highest BCUT2D eigenvalue weighted by Gasteiger charge is 2.12. The number of nitrogens with zero attached hydrogens (tertiary/aromatic N) is 1. The molecule has 3 rings (SSSR count). The lowest BCUT2D eigenvalue weighted by Gasteiger charge is -2.06. The van der Waals surface area contributed by atoms with Crippen LogP contribution < -0.4 is 11.3 Å². The fourth-order valence-corrected chi connectivity index (χ4v) is 2.31. The van der Waals surface area contributed by atoms with Gasteiger partial charge in [0.1, 0.15) is 0 Å². The van der Waals surface area contributed by atoms with Gasteiger partial charge >= 0.3 is 0 Å². The van der Waals surface area contributed by atoms with E-state index in [9.17, 15) is 4.79 Å². The van der Waals surface area contributed by atoms with Gasteiger partial charge in [0.15, 0.2) is 0 Å². The number of amides is 1. The Morgan fingerprint density at radius 2 is 2.10 bits per heavy atom. The van der Waals surface area contributed by atoms with Gasteiger partial charge in [-0.25, -0.2) is 5.84 Å². The van der Waals surface area contributed by atoms with Crippen LogP contribution in [-0.2, 0) is 4.79 Å². The van der Waals surface area contributed by atoms with E-state index in [1.165, 1.54) is 6.08 Å². The molecular weight excluding hydrogens is 264 g/mol. The first kappa shape index (κ1) is 13.1. The molecule has 104 valence electrons. The molecule has 0 aliphatic carbocycles. The summed E-state index contributed by atoms with van der Waals surface area (Å²) in [6.07, 6.45) is 6.77. The van der Waals surface area contributed by atoms with Crippen molar-refractivity contribution in [3.8, 4) is 0 Å². The summed E-state index contributed by atoms with van der Waals surface area (Å²) in [6.45, 7) is 0. The number of rotatable bonds is 3. The van der Waals surface area contributed by atoms with Crippen LogP contribution in [0.25, 0.3) is 16.5 Å². The van der Waals surface area contributed by atoms with Gasteiger partial charge in [0.2, 0.25) is 0 Å². The molecule has 0 aliphatic rings. The number of benzene rings is 1. The Morgan fingerprint density at radius 3 is 2.86 bits per heavy atom. The van der Waals surface area contributed by atoms with Gasteiger partial charge in [-0.3, -0.25) is 15.2 Å². The molecule has 0 saturated heterocycles. The lowest BCUT2D eigenvalue weighted by atomic mass is 9.98. The second kappa shape index (κ2) is 5.60. The van der Waals surface area contributed by atoms with Crippen LogP contribution in [0.3, 0.4) is 0 Å². The molecule has 5 nitrogen and oxygen atoms in total. The van der Waals surface area contributed by atoms with Gasteiger partial charge in [-0.15, -0.1) is 0 Å². The molecule has 0 bridgehead atoms. The number of hydrogen-bond donors (Lipinski definition) is 3. The van der Waals surface area contributed by atoms with Gasteiger partial charge in [-0.1, -0.05) is 24.3 Å². The molecular formula is C16H14N4O. The summed E-state index contributed by atoms with van der Waals surface area (Å²) in [4.78, 5) is 19.0. The van der Waals surface area contributed by atoms with Crippen LogP contribution in [-0.4, -0.2) is 15.9 Å². The van der Waals surface area contributed by atoms with E-state index in [0.717, 1.165) is 27.6 Å². The summed E-state index contributed by atoms with van der Waals surface area (Å²) in [5, 5.41) is 1.04. The Labute approximate surface area is 121 Å². The van der Waals surface area contributed by atoms with E-state index in [2.05, 4.69) is 15.4 Å². The standard InChI is InChI=1S/C16H14N4O/c17-20-16(21)8-13(11-4-3-7-18-9-11)14-10-19-15-6-2-1-5-12(14)15/h1-10,19H,17H2,(H,20,21). The van der Waals surface area contributed by atoms with Crippen LogP contribution in [0, 0.1) is 0 Å². The number of aromatic nitrogens is 2. The van der Waals surface area contributed by atoms with Crippen LogP contribution >= 0.6 is 0 Å². The molecule has 0 unspecified atom stereocenters. The van der Waals surface area contributed by atoms with Crippen molar-refractivity contribution in [2.24, 2.45) is 5.84 Å². The SMILES string of the molecule is NNC(=O)C=C(c1cccnc1)c1c[nH]c2ccccc12. The molecule has 3 aromatic rings. The molecule has 2 heterocycles. The van der Waals surface area contributed by atoms with Crippen molar-refractivity contribution in [3.63, 3.8) is 0 Å². The zero-order valence-corrected chi connectivity index (χ0v) is 11.2. The Bertz CT molecular complexity index is 805. The number of aromatic amines is 1. The number of carbonyl (C=O) groups excluding carboxylic acids is 1. The van der Waals surface area contributed by atoms with Crippen molar-refractivity contribution in [2.75, 3.05) is 0 Å². The molecule has 1 amide bonds. The van der Waals surface area contributed by atoms with Crippen LogP contribution in [0.2, 0.25) is 0 Å². The minimum atomic E-state index is -0.362. The lowest BCUT2D eigenvalue weighted by molar-refractivity contribution is -0.116. The first-order valence-electron chi connectivity index (χ1n) is 6.49. The highest BCUT2D eigenvalue weighted by molar-refractivity contribution is 6.04. The maximum atomic E-state index is 11.7. The number of H-pyrrole nitrogens is 1. The van der Waals surface area contributed by atoms with E-state index >= 15 is 0 Å². The highest BCUT2D eigenvalue weighted by atomic mass is 16.2. The topological polar surface area (TPSA) is 83.8 Å². The van der Waals surface area contributed by atoms with Gasteiger partial charge in [0.25, 0.3) is 5.91 Å². The molecule has 0 radical (unpaired) electrons. The smallest absolute Gasteiger partial charge is 0.258 e. The van der Waals surface area contributed by atoms with Gasteiger partial charge < -0.3 is 4.98 Å². The third-order valence-electron chi connectivity index (χ3n) is 3.27. The largest absolute Gasteiger partial charge is 0.361 e. The van der Waals surface area contributed by atoms with Crippen molar-refractivity contribution < 1.29 is 4.79 Å². The molecule has 0 spiro atoms. The molecule has 0 atom stereocenters. The van der Waals surface area contributed by atoms with Gasteiger partial charge in [0, 0.05) is 46.7 Å². The van der Waals surface area contributed by atoms with Crippen LogP contribution in [0.5, 0.6) is 0 Å². The van der Waals surface area contributed by atoms with E-state index in [-0.39, 0.29) is 5.91 Å². The summed E-state index contributed by atoms with van der Waals surface area (Å²) in [7, 11) is 0. The molecule has 0 saturated carbocycles. The average molecular weight is 278 g/mol. The van der Waals surface area contributed by atoms with Crippen molar-refractivity contribution in [3.05, 3.63) is 72.2 Å². The number of pyridine rings is 1. The molecule has 2 aromatic heterocycles. The van der Waals surface area contributed by atoms with Gasteiger partial charge in [-0.05, 0) is 17.7 Å². The van der Waals surface area contributed by atoms with E-state index in [1.807, 2.05) is 42.6 Å². The van der Waals surface area contributed by atoms with E-state index in [1.54, 1.807) is 12.4 Å². The number of fused-ring (bicyclic) bond motifs is 1. The second-order valence-electron chi connectivity index (χ2n) is 4.56. The molecule has 0 fully saturated rings. The van der Waals surface area contributed by atoms with Crippen LogP contribution in [0.15, 0.2) is 61.1 Å². The summed E-state index contributed by atoms with van der Waals surface area (Å²) in [5.41, 5.74) is 5.69. The molecule has 0 aliphatic heterocycles. The average Bonchev–Trinajstić information content (AvgIpc) is 2.97. The van der Waals surface area contributed by atoms with Gasteiger partial charge in [0.05, 0.1) is 0 Å². The summed E-state index contributed by atoms with van der Waals surface area (Å²) in [6, 6.07) is 11.7. The third-order valence-corrected chi connectivity index (χ3v) is 3.27. The van der Waals surface area contributed by atoms with Crippen molar-refractivity contribution in [2.45, 2.75) is 0 Å². The number of hydrogen-bond acceptors (Lipinski definition) is 3. The van der Waals surface area contributed by atoms with Gasteiger partial charge in [-0.2, -0.15) is 0 Å². The second-order valence-corrected chi connectivity index (χ2v) is 4.56. The monoisotopic (exact) mass is 278 g/mol. The van der Waals surface area contributed by atoms with E-state index in [0.29, 0.717) is 0 Å². The fourth-order valence-electron chi connectivity index (χ4n) is 2.31. The Hall–Kier alpha value is -2.92. The van der Waals surface area contributed by atoms with E-state index < -0.39 is 0 Å². The predicted octanol–water partition coefficient (Wildman–Crippen LogP) is 1.98.